The Morgan fingerprint density at radius 1 is 0.966 bits per heavy atom. The first-order valence-electron chi connectivity index (χ1n) is 9.24. The van der Waals surface area contributed by atoms with Crippen LogP contribution in [0.3, 0.4) is 0 Å². The van der Waals surface area contributed by atoms with Gasteiger partial charge in [0.2, 0.25) is 0 Å². The normalized spacial score (nSPS) is 11.5. The second-order valence-corrected chi connectivity index (χ2v) is 7.65. The molecule has 0 amide bonds. The zero-order chi connectivity index (χ0) is 20.4. The lowest BCUT2D eigenvalue weighted by Gasteiger charge is -2.10. The number of methoxy groups -OCH3 is 1. The number of rotatable bonds is 6. The first-order valence-corrected chi connectivity index (χ1v) is 10.5. The standard InChI is InChI=1S/C24H20O4S/c1-27-23-13-18(29-2)9-10-20(23)24(26)28-14-22(25)17-8-7-16-11-15-5-3-4-6-19(15)21(16)12-17/h3-10,12-13H,11,14H2,1-2H3. The van der Waals surface area contributed by atoms with Crippen molar-refractivity contribution in [3.63, 3.8) is 0 Å². The lowest BCUT2D eigenvalue weighted by atomic mass is 10.0. The van der Waals surface area contributed by atoms with Gasteiger partial charge in [-0.15, -0.1) is 11.8 Å². The molecule has 1 aliphatic carbocycles. The van der Waals surface area contributed by atoms with Crippen LogP contribution in [0, 0.1) is 0 Å². The molecule has 4 rings (SSSR count). The molecule has 0 aromatic heterocycles. The van der Waals surface area contributed by atoms with Crippen LogP contribution in [0.1, 0.15) is 31.8 Å². The minimum Gasteiger partial charge on any atom is -0.496 e. The van der Waals surface area contributed by atoms with Gasteiger partial charge in [-0.1, -0.05) is 36.4 Å². The van der Waals surface area contributed by atoms with E-state index >= 15 is 0 Å². The molecular weight excluding hydrogens is 384 g/mol. The van der Waals surface area contributed by atoms with E-state index in [4.69, 9.17) is 9.47 Å². The Bertz CT molecular complexity index is 1100. The molecule has 0 saturated carbocycles. The first-order chi connectivity index (χ1) is 14.1. The third-order valence-corrected chi connectivity index (χ3v) is 5.81. The average Bonchev–Trinajstić information content (AvgIpc) is 3.14. The van der Waals surface area contributed by atoms with Crippen LogP contribution in [0.5, 0.6) is 5.75 Å². The third-order valence-electron chi connectivity index (χ3n) is 5.08. The van der Waals surface area contributed by atoms with Crippen LogP contribution < -0.4 is 4.74 Å². The van der Waals surface area contributed by atoms with Crippen molar-refractivity contribution in [1.29, 1.82) is 0 Å². The molecule has 0 saturated heterocycles. The summed E-state index contributed by atoms with van der Waals surface area (Å²) < 4.78 is 10.6. The zero-order valence-corrected chi connectivity index (χ0v) is 17.0. The van der Waals surface area contributed by atoms with Crippen molar-refractivity contribution in [2.45, 2.75) is 11.3 Å². The highest BCUT2D eigenvalue weighted by atomic mass is 32.2. The van der Waals surface area contributed by atoms with E-state index in [-0.39, 0.29) is 12.4 Å². The smallest absolute Gasteiger partial charge is 0.342 e. The summed E-state index contributed by atoms with van der Waals surface area (Å²) in [6.45, 7) is -0.313. The van der Waals surface area contributed by atoms with Gasteiger partial charge in [-0.3, -0.25) is 4.79 Å². The molecule has 4 nitrogen and oxygen atoms in total. The Labute approximate surface area is 173 Å². The number of carbonyl (C=O) groups is 2. The lowest BCUT2D eigenvalue weighted by molar-refractivity contribution is 0.0471. The van der Waals surface area contributed by atoms with Crippen molar-refractivity contribution in [1.82, 2.24) is 0 Å². The summed E-state index contributed by atoms with van der Waals surface area (Å²) >= 11 is 1.55. The van der Waals surface area contributed by atoms with Gasteiger partial charge in [0.15, 0.2) is 12.4 Å². The van der Waals surface area contributed by atoms with Crippen LogP contribution in [0.15, 0.2) is 65.6 Å². The lowest BCUT2D eigenvalue weighted by Crippen LogP contribution is -2.15. The van der Waals surface area contributed by atoms with Gasteiger partial charge in [-0.05, 0) is 59.2 Å². The van der Waals surface area contributed by atoms with Crippen LogP contribution in [0.4, 0.5) is 0 Å². The number of benzene rings is 3. The van der Waals surface area contributed by atoms with Gasteiger partial charge in [0.1, 0.15) is 11.3 Å². The van der Waals surface area contributed by atoms with Crippen molar-refractivity contribution in [3.8, 4) is 16.9 Å². The SMILES string of the molecule is COc1cc(SC)ccc1C(=O)OCC(=O)c1ccc2c(c1)-c1ccccc1C2. The summed E-state index contributed by atoms with van der Waals surface area (Å²) in [4.78, 5) is 26.1. The Balaban J connectivity index is 1.48. The van der Waals surface area contributed by atoms with E-state index in [9.17, 15) is 9.59 Å². The molecular formula is C24H20O4S. The molecule has 1 aliphatic rings. The fourth-order valence-corrected chi connectivity index (χ4v) is 3.99. The van der Waals surface area contributed by atoms with Gasteiger partial charge < -0.3 is 9.47 Å². The molecule has 0 aliphatic heterocycles. The molecule has 3 aromatic carbocycles. The van der Waals surface area contributed by atoms with E-state index in [1.165, 1.54) is 18.2 Å². The summed E-state index contributed by atoms with van der Waals surface area (Å²) in [5, 5.41) is 0. The van der Waals surface area contributed by atoms with Crippen LogP contribution in [-0.4, -0.2) is 31.7 Å². The number of carbonyl (C=O) groups excluding carboxylic acids is 2. The van der Waals surface area contributed by atoms with E-state index < -0.39 is 5.97 Å². The molecule has 0 fully saturated rings. The van der Waals surface area contributed by atoms with E-state index in [0.717, 1.165) is 22.4 Å². The molecule has 29 heavy (non-hydrogen) atoms. The predicted octanol–water partition coefficient (Wildman–Crippen LogP) is 5.03. The number of Topliss-reactive ketones (excluding diaryl/α,β-unsaturated/α-hetero) is 1. The largest absolute Gasteiger partial charge is 0.496 e. The summed E-state index contributed by atoms with van der Waals surface area (Å²) in [6, 6.07) is 19.1. The molecule has 0 atom stereocenters. The highest BCUT2D eigenvalue weighted by Crippen LogP contribution is 2.36. The molecule has 5 heteroatoms. The predicted molar refractivity (Wildman–Crippen MR) is 114 cm³/mol. The monoisotopic (exact) mass is 404 g/mol. The van der Waals surface area contributed by atoms with E-state index in [1.54, 1.807) is 30.0 Å². The highest BCUT2D eigenvalue weighted by molar-refractivity contribution is 7.98. The van der Waals surface area contributed by atoms with Crippen LogP contribution in [0.25, 0.3) is 11.1 Å². The highest BCUT2D eigenvalue weighted by Gasteiger charge is 2.21. The Kier molecular flexibility index (Phi) is 5.41. The number of esters is 1. The molecule has 3 aromatic rings. The average molecular weight is 404 g/mol. The van der Waals surface area contributed by atoms with Crippen molar-refractivity contribution in [2.24, 2.45) is 0 Å². The summed E-state index contributed by atoms with van der Waals surface area (Å²) in [6.07, 6.45) is 2.82. The van der Waals surface area contributed by atoms with Crippen molar-refractivity contribution >= 4 is 23.5 Å². The number of ketones is 1. The van der Waals surface area contributed by atoms with Crippen molar-refractivity contribution in [2.75, 3.05) is 20.0 Å². The van der Waals surface area contributed by atoms with Gasteiger partial charge >= 0.3 is 5.97 Å². The summed E-state index contributed by atoms with van der Waals surface area (Å²) in [7, 11) is 1.50. The Morgan fingerprint density at radius 3 is 2.55 bits per heavy atom. The van der Waals surface area contributed by atoms with Gasteiger partial charge in [0.25, 0.3) is 0 Å². The van der Waals surface area contributed by atoms with Crippen molar-refractivity contribution < 1.29 is 19.1 Å². The molecule has 0 bridgehead atoms. The first kappa shape index (κ1) is 19.3. The Morgan fingerprint density at radius 2 is 1.76 bits per heavy atom. The molecule has 0 radical (unpaired) electrons. The molecule has 0 N–H and O–H groups in total. The van der Waals surface area contributed by atoms with E-state index in [0.29, 0.717) is 16.9 Å². The maximum atomic E-state index is 12.6. The topological polar surface area (TPSA) is 52.6 Å². The quantitative estimate of drug-likeness (QED) is 0.256. The van der Waals surface area contributed by atoms with Gasteiger partial charge in [-0.25, -0.2) is 4.79 Å². The molecule has 0 heterocycles. The zero-order valence-electron chi connectivity index (χ0n) is 16.2. The van der Waals surface area contributed by atoms with Crippen LogP contribution >= 0.6 is 11.8 Å². The number of fused-ring (bicyclic) bond motifs is 3. The van der Waals surface area contributed by atoms with Gasteiger partial charge in [0.05, 0.1) is 7.11 Å². The summed E-state index contributed by atoms with van der Waals surface area (Å²) in [5.41, 5.74) is 5.55. The van der Waals surface area contributed by atoms with Crippen molar-refractivity contribution in [3.05, 3.63) is 82.9 Å². The Hall–Kier alpha value is -3.05. The minimum absolute atomic E-state index is 0.231. The molecule has 146 valence electrons. The number of ether oxygens (including phenoxy) is 2. The summed E-state index contributed by atoms with van der Waals surface area (Å²) in [5.74, 6) is -0.372. The molecule has 0 spiro atoms. The molecule has 0 unspecified atom stereocenters. The van der Waals surface area contributed by atoms with Gasteiger partial charge in [-0.2, -0.15) is 0 Å². The fraction of sp³-hybridized carbons (Fsp3) is 0.167. The van der Waals surface area contributed by atoms with Crippen LogP contribution in [-0.2, 0) is 11.2 Å². The fourth-order valence-electron chi connectivity index (χ4n) is 3.56. The van der Waals surface area contributed by atoms with E-state index in [2.05, 4.69) is 12.1 Å². The number of hydrogen-bond donors (Lipinski definition) is 0. The second-order valence-electron chi connectivity index (χ2n) is 6.77. The van der Waals surface area contributed by atoms with Gasteiger partial charge in [0, 0.05) is 10.5 Å². The minimum atomic E-state index is -0.575. The third kappa shape index (κ3) is 3.78. The number of thioether (sulfide) groups is 1. The van der Waals surface area contributed by atoms with E-state index in [1.807, 2.05) is 36.6 Å². The maximum Gasteiger partial charge on any atom is 0.342 e. The van der Waals surface area contributed by atoms with Crippen LogP contribution in [0.2, 0.25) is 0 Å². The second kappa shape index (κ2) is 8.13. The number of hydrogen-bond acceptors (Lipinski definition) is 5. The maximum absolute atomic E-state index is 12.6.